The first-order chi connectivity index (χ1) is 9.70. The van der Waals surface area contributed by atoms with E-state index in [1.54, 1.807) is 13.8 Å². The summed E-state index contributed by atoms with van der Waals surface area (Å²) in [5, 5.41) is 6.96. The Morgan fingerprint density at radius 3 is 2.67 bits per heavy atom. The van der Waals surface area contributed by atoms with Gasteiger partial charge in [0, 0.05) is 24.6 Å². The van der Waals surface area contributed by atoms with Crippen LogP contribution in [0, 0.1) is 5.82 Å². The van der Waals surface area contributed by atoms with Gasteiger partial charge in [-0.25, -0.2) is 18.6 Å². The maximum absolute atomic E-state index is 13.5. The van der Waals surface area contributed by atoms with Gasteiger partial charge in [0.1, 0.15) is 5.82 Å². The molecule has 2 rings (SSSR count). The molecule has 114 valence electrons. The SMILES string of the molecule is CC(=O)N/N=C1/Cc2c(cc(F)cc2C(F)F)NC1(C)C. The minimum absolute atomic E-state index is 0.121. The van der Waals surface area contributed by atoms with Crippen LogP contribution in [0.1, 0.15) is 38.3 Å². The van der Waals surface area contributed by atoms with Crippen LogP contribution in [0.4, 0.5) is 18.9 Å². The summed E-state index contributed by atoms with van der Waals surface area (Å²) < 4.78 is 39.6. The lowest BCUT2D eigenvalue weighted by Gasteiger charge is -2.36. The van der Waals surface area contributed by atoms with Crippen molar-refractivity contribution in [3.63, 3.8) is 0 Å². The largest absolute Gasteiger partial charge is 0.374 e. The zero-order valence-electron chi connectivity index (χ0n) is 11.9. The number of halogens is 3. The number of nitrogens with one attached hydrogen (secondary N) is 2. The second-order valence-corrected chi connectivity index (χ2v) is 5.48. The number of carbonyl (C=O) groups is 1. The van der Waals surface area contributed by atoms with Crippen molar-refractivity contribution in [2.24, 2.45) is 5.10 Å². The Morgan fingerprint density at radius 1 is 1.43 bits per heavy atom. The molecule has 1 aromatic rings. The molecule has 1 aromatic carbocycles. The van der Waals surface area contributed by atoms with Gasteiger partial charge in [0.2, 0.25) is 5.91 Å². The second-order valence-electron chi connectivity index (χ2n) is 5.48. The Hall–Kier alpha value is -2.05. The van der Waals surface area contributed by atoms with Gasteiger partial charge in [-0.2, -0.15) is 5.10 Å². The van der Waals surface area contributed by atoms with Gasteiger partial charge in [-0.15, -0.1) is 0 Å². The van der Waals surface area contributed by atoms with Crippen molar-refractivity contribution in [3.8, 4) is 0 Å². The lowest BCUT2D eigenvalue weighted by molar-refractivity contribution is -0.118. The highest BCUT2D eigenvalue weighted by molar-refractivity contribution is 6.01. The molecule has 0 aliphatic carbocycles. The zero-order chi connectivity index (χ0) is 15.8. The Labute approximate surface area is 120 Å². The molecule has 1 amide bonds. The average molecular weight is 299 g/mol. The van der Waals surface area contributed by atoms with E-state index in [0.717, 1.165) is 6.07 Å². The molecule has 1 heterocycles. The van der Waals surface area contributed by atoms with E-state index in [-0.39, 0.29) is 17.9 Å². The Morgan fingerprint density at radius 2 is 2.10 bits per heavy atom. The normalized spacial score (nSPS) is 18.3. The van der Waals surface area contributed by atoms with Crippen molar-refractivity contribution >= 4 is 17.3 Å². The summed E-state index contributed by atoms with van der Waals surface area (Å²) in [6.45, 7) is 4.87. The molecule has 0 saturated carbocycles. The van der Waals surface area contributed by atoms with E-state index in [1.165, 1.54) is 13.0 Å². The van der Waals surface area contributed by atoms with Gasteiger partial charge >= 0.3 is 0 Å². The predicted molar refractivity (Wildman–Crippen MR) is 74.0 cm³/mol. The standard InChI is InChI=1S/C14H16F3N3O/c1-7(21)19-20-12-6-9-10(13(16)17)4-8(15)5-11(9)18-14(12,2)3/h4-5,13,18H,6H2,1-3H3,(H,19,21)/b20-12-. The summed E-state index contributed by atoms with van der Waals surface area (Å²) in [7, 11) is 0. The van der Waals surface area contributed by atoms with Crippen molar-refractivity contribution in [2.45, 2.75) is 39.2 Å². The summed E-state index contributed by atoms with van der Waals surface area (Å²) in [5.74, 6) is -1.06. The summed E-state index contributed by atoms with van der Waals surface area (Å²) in [6, 6.07) is 2.03. The number of benzene rings is 1. The van der Waals surface area contributed by atoms with E-state index in [4.69, 9.17) is 0 Å². The van der Waals surface area contributed by atoms with Crippen LogP contribution in [0.2, 0.25) is 0 Å². The topological polar surface area (TPSA) is 53.5 Å². The summed E-state index contributed by atoms with van der Waals surface area (Å²) in [6.07, 6.45) is -2.66. The number of fused-ring (bicyclic) bond motifs is 1. The van der Waals surface area contributed by atoms with Gasteiger partial charge in [-0.3, -0.25) is 4.79 Å². The number of amides is 1. The van der Waals surface area contributed by atoms with Crippen LogP contribution < -0.4 is 10.7 Å². The maximum Gasteiger partial charge on any atom is 0.264 e. The lowest BCUT2D eigenvalue weighted by atomic mass is 9.85. The number of carbonyl (C=O) groups excluding carboxylic acids is 1. The van der Waals surface area contributed by atoms with Gasteiger partial charge in [0.25, 0.3) is 6.43 Å². The number of anilines is 1. The summed E-state index contributed by atoms with van der Waals surface area (Å²) >= 11 is 0. The van der Waals surface area contributed by atoms with E-state index in [9.17, 15) is 18.0 Å². The first-order valence-electron chi connectivity index (χ1n) is 6.43. The molecule has 0 saturated heterocycles. The van der Waals surface area contributed by atoms with Gasteiger partial charge in [-0.05, 0) is 31.5 Å². The molecular weight excluding hydrogens is 283 g/mol. The van der Waals surface area contributed by atoms with Crippen molar-refractivity contribution in [2.75, 3.05) is 5.32 Å². The number of nitrogens with zero attached hydrogens (tertiary/aromatic N) is 1. The molecule has 1 aliphatic heterocycles. The third kappa shape index (κ3) is 3.17. The van der Waals surface area contributed by atoms with E-state index in [1.807, 2.05) is 0 Å². The van der Waals surface area contributed by atoms with Crippen LogP contribution in [0.15, 0.2) is 17.2 Å². The third-order valence-electron chi connectivity index (χ3n) is 3.35. The van der Waals surface area contributed by atoms with E-state index in [2.05, 4.69) is 15.8 Å². The van der Waals surface area contributed by atoms with Crippen LogP contribution in [0.3, 0.4) is 0 Å². The minimum Gasteiger partial charge on any atom is -0.374 e. The first-order valence-corrected chi connectivity index (χ1v) is 6.43. The molecule has 4 nitrogen and oxygen atoms in total. The predicted octanol–water partition coefficient (Wildman–Crippen LogP) is 3.00. The molecular formula is C14H16F3N3O. The molecule has 0 aromatic heterocycles. The van der Waals surface area contributed by atoms with Gasteiger partial charge in [0.15, 0.2) is 0 Å². The minimum atomic E-state index is -2.78. The highest BCUT2D eigenvalue weighted by atomic mass is 19.3. The summed E-state index contributed by atoms with van der Waals surface area (Å²) in [5.41, 5.74) is 2.40. The first kappa shape index (κ1) is 15.3. The van der Waals surface area contributed by atoms with Crippen LogP contribution in [-0.4, -0.2) is 17.2 Å². The number of rotatable bonds is 2. The second kappa shape index (κ2) is 5.38. The fraction of sp³-hybridized carbons (Fsp3) is 0.429. The molecule has 0 spiro atoms. The van der Waals surface area contributed by atoms with Crippen LogP contribution >= 0.6 is 0 Å². The van der Waals surface area contributed by atoms with Crippen LogP contribution in [0.25, 0.3) is 0 Å². The molecule has 21 heavy (non-hydrogen) atoms. The monoisotopic (exact) mass is 299 g/mol. The van der Waals surface area contributed by atoms with Crippen molar-refractivity contribution < 1.29 is 18.0 Å². The Bertz CT molecular complexity index is 612. The summed E-state index contributed by atoms with van der Waals surface area (Å²) in [4.78, 5) is 11.0. The zero-order valence-corrected chi connectivity index (χ0v) is 11.9. The highest BCUT2D eigenvalue weighted by Crippen LogP contribution is 2.36. The van der Waals surface area contributed by atoms with Crippen molar-refractivity contribution in [1.82, 2.24) is 5.43 Å². The fourth-order valence-electron chi connectivity index (χ4n) is 2.28. The number of hydrogen-bond donors (Lipinski definition) is 2. The fourth-order valence-corrected chi connectivity index (χ4v) is 2.28. The molecule has 0 unspecified atom stereocenters. The van der Waals surface area contributed by atoms with Gasteiger partial charge in [-0.1, -0.05) is 0 Å². The van der Waals surface area contributed by atoms with Gasteiger partial charge in [0.05, 0.1) is 11.3 Å². The quantitative estimate of drug-likeness (QED) is 0.825. The van der Waals surface area contributed by atoms with E-state index >= 15 is 0 Å². The molecule has 1 aliphatic rings. The third-order valence-corrected chi connectivity index (χ3v) is 3.35. The highest BCUT2D eigenvalue weighted by Gasteiger charge is 2.34. The smallest absolute Gasteiger partial charge is 0.264 e. The molecule has 0 bridgehead atoms. The van der Waals surface area contributed by atoms with E-state index in [0.29, 0.717) is 17.0 Å². The van der Waals surface area contributed by atoms with E-state index < -0.39 is 17.8 Å². The molecule has 0 atom stereocenters. The average Bonchev–Trinajstić information content (AvgIpc) is 2.33. The van der Waals surface area contributed by atoms with Gasteiger partial charge < -0.3 is 5.32 Å². The van der Waals surface area contributed by atoms with Crippen molar-refractivity contribution in [1.29, 1.82) is 0 Å². The van der Waals surface area contributed by atoms with Crippen LogP contribution in [-0.2, 0) is 11.2 Å². The number of alkyl halides is 2. The molecule has 7 heteroatoms. The Kier molecular flexibility index (Phi) is 3.93. The molecule has 0 fully saturated rings. The van der Waals surface area contributed by atoms with Crippen molar-refractivity contribution in [3.05, 3.63) is 29.1 Å². The maximum atomic E-state index is 13.5. The lowest BCUT2D eigenvalue weighted by Crippen LogP contribution is -2.46. The number of hydrazone groups is 1. The van der Waals surface area contributed by atoms with Crippen LogP contribution in [0.5, 0.6) is 0 Å². The Balaban J connectivity index is 2.49. The molecule has 2 N–H and O–H groups in total. The molecule has 0 radical (unpaired) electrons. The number of hydrogen-bond acceptors (Lipinski definition) is 3.